The molecule has 0 aliphatic carbocycles. The lowest BCUT2D eigenvalue weighted by Gasteiger charge is -2.16. The van der Waals surface area contributed by atoms with E-state index in [9.17, 15) is 0 Å². The van der Waals surface area contributed by atoms with E-state index in [0.717, 1.165) is 50.6 Å². The lowest BCUT2D eigenvalue weighted by atomic mass is 10.0. The fourth-order valence-electron chi connectivity index (χ4n) is 4.14. The Labute approximate surface area is 187 Å². The summed E-state index contributed by atoms with van der Waals surface area (Å²) in [5, 5.41) is 1.78. The highest BCUT2D eigenvalue weighted by molar-refractivity contribution is 6.30. The molecule has 4 aromatic rings. The van der Waals surface area contributed by atoms with Gasteiger partial charge in [0.05, 0.1) is 5.69 Å². The molecule has 31 heavy (non-hydrogen) atoms. The van der Waals surface area contributed by atoms with Crippen molar-refractivity contribution >= 4 is 22.5 Å². The molecule has 0 amide bonds. The van der Waals surface area contributed by atoms with Crippen LogP contribution in [0, 0.1) is 0 Å². The van der Waals surface area contributed by atoms with Crippen molar-refractivity contribution in [1.29, 1.82) is 0 Å². The van der Waals surface area contributed by atoms with Gasteiger partial charge in [0.15, 0.2) is 0 Å². The minimum Gasteiger partial charge on any atom is -0.490 e. The number of fused-ring (bicyclic) bond motifs is 1. The highest BCUT2D eigenvalue weighted by atomic mass is 35.5. The van der Waals surface area contributed by atoms with Gasteiger partial charge >= 0.3 is 0 Å². The topological polar surface area (TPSA) is 38.2 Å². The van der Waals surface area contributed by atoms with Gasteiger partial charge in [-0.05, 0) is 67.9 Å². The van der Waals surface area contributed by atoms with Crippen LogP contribution in [0.5, 0.6) is 5.75 Å². The summed E-state index contributed by atoms with van der Waals surface area (Å²) >= 11 is 6.00. The number of rotatable bonds is 6. The number of pyridine rings is 2. The first-order chi connectivity index (χ1) is 15.3. The molecule has 3 heterocycles. The van der Waals surface area contributed by atoms with Crippen LogP contribution in [0.1, 0.15) is 12.8 Å². The van der Waals surface area contributed by atoms with Gasteiger partial charge in [-0.15, -0.1) is 0 Å². The van der Waals surface area contributed by atoms with Crippen molar-refractivity contribution in [2.75, 3.05) is 26.2 Å². The van der Waals surface area contributed by atoms with E-state index in [1.54, 1.807) is 0 Å². The van der Waals surface area contributed by atoms with Gasteiger partial charge in [-0.25, -0.2) is 0 Å². The Morgan fingerprint density at radius 1 is 0.871 bits per heavy atom. The number of hydrogen-bond donors (Lipinski definition) is 0. The SMILES string of the molecule is Clc1ccc(-c2ccc(-c3ccc(OCCN4CCCC4)c4ncccc34)nc2)cc1. The Morgan fingerprint density at radius 2 is 1.68 bits per heavy atom. The van der Waals surface area contributed by atoms with E-state index < -0.39 is 0 Å². The first kappa shape index (κ1) is 20.0. The molecule has 0 saturated carbocycles. The molecule has 5 rings (SSSR count). The second-order valence-corrected chi connectivity index (χ2v) is 8.28. The van der Waals surface area contributed by atoms with Crippen LogP contribution < -0.4 is 4.74 Å². The van der Waals surface area contributed by atoms with E-state index in [4.69, 9.17) is 21.3 Å². The van der Waals surface area contributed by atoms with Crippen LogP contribution in [-0.4, -0.2) is 41.1 Å². The molecule has 156 valence electrons. The Bertz CT molecular complexity index is 1170. The summed E-state index contributed by atoms with van der Waals surface area (Å²) in [5.41, 5.74) is 5.00. The highest BCUT2D eigenvalue weighted by Gasteiger charge is 2.13. The van der Waals surface area contributed by atoms with Gasteiger partial charge in [0.1, 0.15) is 17.9 Å². The third-order valence-electron chi connectivity index (χ3n) is 5.81. The molecule has 1 saturated heterocycles. The zero-order valence-corrected chi connectivity index (χ0v) is 18.1. The van der Waals surface area contributed by atoms with Crippen LogP contribution in [0.25, 0.3) is 33.3 Å². The van der Waals surface area contributed by atoms with Gasteiger partial charge < -0.3 is 4.74 Å². The Morgan fingerprint density at radius 3 is 2.45 bits per heavy atom. The standard InChI is InChI=1S/C26H24ClN3O/c27-21-8-5-19(6-9-21)20-7-11-24(29-18-20)22-10-12-25(26-23(22)4-3-13-28-26)31-17-16-30-14-1-2-15-30/h3-13,18H,1-2,14-17H2. The van der Waals surface area contributed by atoms with Gasteiger partial charge in [0.25, 0.3) is 0 Å². The molecule has 0 unspecified atom stereocenters. The summed E-state index contributed by atoms with van der Waals surface area (Å²) < 4.78 is 6.12. The van der Waals surface area contributed by atoms with Gasteiger partial charge in [-0.1, -0.05) is 35.9 Å². The summed E-state index contributed by atoms with van der Waals surface area (Å²) in [4.78, 5) is 11.8. The number of likely N-dealkylation sites (tertiary alicyclic amines) is 1. The number of ether oxygens (including phenoxy) is 1. The molecular weight excluding hydrogens is 406 g/mol. The van der Waals surface area contributed by atoms with Crippen LogP contribution in [0.15, 0.2) is 73.1 Å². The second-order valence-electron chi connectivity index (χ2n) is 7.85. The normalized spacial score (nSPS) is 14.2. The van der Waals surface area contributed by atoms with Crippen LogP contribution in [0.3, 0.4) is 0 Å². The first-order valence-corrected chi connectivity index (χ1v) is 11.1. The quantitative estimate of drug-likeness (QED) is 0.371. The maximum Gasteiger partial charge on any atom is 0.145 e. The summed E-state index contributed by atoms with van der Waals surface area (Å²) in [6.07, 6.45) is 6.31. The predicted octanol–water partition coefficient (Wildman–Crippen LogP) is 6.09. The van der Waals surface area contributed by atoms with Crippen LogP contribution >= 0.6 is 11.6 Å². The monoisotopic (exact) mass is 429 g/mol. The smallest absolute Gasteiger partial charge is 0.145 e. The molecule has 0 atom stereocenters. The van der Waals surface area contributed by atoms with Gasteiger partial charge in [0.2, 0.25) is 0 Å². The summed E-state index contributed by atoms with van der Waals surface area (Å²) in [6, 6.07) is 20.1. The fraction of sp³-hybridized carbons (Fsp3) is 0.231. The molecule has 2 aromatic carbocycles. The third kappa shape index (κ3) is 4.41. The summed E-state index contributed by atoms with van der Waals surface area (Å²) in [7, 11) is 0. The zero-order chi connectivity index (χ0) is 21.0. The van der Waals surface area contributed by atoms with Gasteiger partial charge in [-0.2, -0.15) is 0 Å². The van der Waals surface area contributed by atoms with E-state index in [0.29, 0.717) is 6.61 Å². The van der Waals surface area contributed by atoms with Crippen molar-refractivity contribution in [3.8, 4) is 28.1 Å². The van der Waals surface area contributed by atoms with Crippen LogP contribution in [0.4, 0.5) is 0 Å². The minimum atomic E-state index is 0.680. The van der Waals surface area contributed by atoms with E-state index in [1.807, 2.05) is 48.8 Å². The van der Waals surface area contributed by atoms with Gasteiger partial charge in [-0.3, -0.25) is 14.9 Å². The zero-order valence-electron chi connectivity index (χ0n) is 17.3. The predicted molar refractivity (Wildman–Crippen MR) is 127 cm³/mol. The molecule has 0 radical (unpaired) electrons. The second kappa shape index (κ2) is 9.04. The van der Waals surface area contributed by atoms with Crippen molar-refractivity contribution in [2.45, 2.75) is 12.8 Å². The lowest BCUT2D eigenvalue weighted by Crippen LogP contribution is -2.25. The average Bonchev–Trinajstić information content (AvgIpc) is 3.33. The molecule has 1 aliphatic rings. The van der Waals surface area contributed by atoms with E-state index in [1.165, 1.54) is 25.9 Å². The average molecular weight is 430 g/mol. The van der Waals surface area contributed by atoms with Crippen molar-refractivity contribution in [3.05, 3.63) is 78.1 Å². The van der Waals surface area contributed by atoms with Crippen LogP contribution in [-0.2, 0) is 0 Å². The number of halogens is 1. The molecule has 2 aromatic heterocycles. The number of aromatic nitrogens is 2. The molecular formula is C26H24ClN3O. The van der Waals surface area contributed by atoms with Crippen molar-refractivity contribution in [3.63, 3.8) is 0 Å². The van der Waals surface area contributed by atoms with E-state index in [2.05, 4.69) is 34.1 Å². The molecule has 0 N–H and O–H groups in total. The van der Waals surface area contributed by atoms with E-state index in [-0.39, 0.29) is 0 Å². The molecule has 4 nitrogen and oxygen atoms in total. The maximum absolute atomic E-state index is 6.12. The maximum atomic E-state index is 6.12. The molecule has 1 aliphatic heterocycles. The largest absolute Gasteiger partial charge is 0.490 e. The molecule has 0 bridgehead atoms. The van der Waals surface area contributed by atoms with Gasteiger partial charge in [0, 0.05) is 40.5 Å². The molecule has 1 fully saturated rings. The van der Waals surface area contributed by atoms with Crippen molar-refractivity contribution in [2.24, 2.45) is 0 Å². The number of nitrogens with zero attached hydrogens (tertiary/aromatic N) is 3. The third-order valence-corrected chi connectivity index (χ3v) is 6.07. The Hall–Kier alpha value is -2.95. The lowest BCUT2D eigenvalue weighted by molar-refractivity contribution is 0.239. The van der Waals surface area contributed by atoms with Crippen LogP contribution in [0.2, 0.25) is 5.02 Å². The van der Waals surface area contributed by atoms with E-state index >= 15 is 0 Å². The Kier molecular flexibility index (Phi) is 5.83. The first-order valence-electron chi connectivity index (χ1n) is 10.7. The van der Waals surface area contributed by atoms with Crippen molar-refractivity contribution in [1.82, 2.24) is 14.9 Å². The Balaban J connectivity index is 1.40. The summed E-state index contributed by atoms with van der Waals surface area (Å²) in [6.45, 7) is 4.00. The fourth-order valence-corrected chi connectivity index (χ4v) is 4.27. The molecule has 5 heteroatoms. The van der Waals surface area contributed by atoms with Crippen molar-refractivity contribution < 1.29 is 4.74 Å². The minimum absolute atomic E-state index is 0.680. The molecule has 0 spiro atoms. The summed E-state index contributed by atoms with van der Waals surface area (Å²) in [5.74, 6) is 0.830. The number of benzene rings is 2. The number of hydrogen-bond acceptors (Lipinski definition) is 4. The highest BCUT2D eigenvalue weighted by Crippen LogP contribution is 2.33.